The predicted molar refractivity (Wildman–Crippen MR) is 93.0 cm³/mol. The first-order valence-corrected chi connectivity index (χ1v) is 9.64. The molecular weight excluding hydrogens is 332 g/mol. The van der Waals surface area contributed by atoms with Crippen molar-refractivity contribution in [3.63, 3.8) is 0 Å². The van der Waals surface area contributed by atoms with E-state index in [-0.39, 0.29) is 18.0 Å². The Morgan fingerprint density at radius 1 is 1.26 bits per heavy atom. The summed E-state index contributed by atoms with van der Waals surface area (Å²) in [6, 6.07) is 4.90. The Morgan fingerprint density at radius 3 is 2.74 bits per heavy atom. The molecule has 0 amide bonds. The number of nitrogens with one attached hydrogen (secondary N) is 1. The van der Waals surface area contributed by atoms with E-state index in [1.807, 2.05) is 24.3 Å². The SMILES string of the molecule is CCCNC1c2ccc(Cl)cc2S(=O)(=O)N(C)C2C=CC=CC12. The van der Waals surface area contributed by atoms with Crippen LogP contribution < -0.4 is 5.32 Å². The third-order valence-electron chi connectivity index (χ3n) is 4.53. The molecule has 0 saturated heterocycles. The summed E-state index contributed by atoms with van der Waals surface area (Å²) in [5.41, 5.74) is 0.794. The maximum Gasteiger partial charge on any atom is 0.243 e. The maximum absolute atomic E-state index is 13.0. The quantitative estimate of drug-likeness (QED) is 0.909. The van der Waals surface area contributed by atoms with Crippen molar-refractivity contribution in [3.05, 3.63) is 53.1 Å². The first-order valence-electron chi connectivity index (χ1n) is 7.82. The third kappa shape index (κ3) is 2.87. The Morgan fingerprint density at radius 2 is 2.00 bits per heavy atom. The number of allylic oxidation sites excluding steroid dienone is 2. The Labute approximate surface area is 142 Å². The molecule has 3 unspecified atom stereocenters. The van der Waals surface area contributed by atoms with Gasteiger partial charge in [-0.25, -0.2) is 8.42 Å². The lowest BCUT2D eigenvalue weighted by Crippen LogP contribution is -2.42. The number of hydrogen-bond donors (Lipinski definition) is 1. The molecule has 2 aliphatic rings. The molecule has 0 fully saturated rings. The van der Waals surface area contributed by atoms with Gasteiger partial charge >= 0.3 is 0 Å². The summed E-state index contributed by atoms with van der Waals surface area (Å²) >= 11 is 6.08. The van der Waals surface area contributed by atoms with Crippen molar-refractivity contribution in [1.82, 2.24) is 9.62 Å². The fourth-order valence-corrected chi connectivity index (χ4v) is 5.19. The highest BCUT2D eigenvalue weighted by Crippen LogP contribution is 2.40. The van der Waals surface area contributed by atoms with Gasteiger partial charge in [0.2, 0.25) is 10.0 Å². The highest BCUT2D eigenvalue weighted by molar-refractivity contribution is 7.89. The minimum atomic E-state index is -3.58. The monoisotopic (exact) mass is 352 g/mol. The summed E-state index contributed by atoms with van der Waals surface area (Å²) in [7, 11) is -1.94. The van der Waals surface area contributed by atoms with E-state index in [1.54, 1.807) is 19.2 Å². The highest BCUT2D eigenvalue weighted by atomic mass is 35.5. The molecule has 1 N–H and O–H groups in total. The molecule has 1 aliphatic heterocycles. The van der Waals surface area contributed by atoms with Gasteiger partial charge in [0.15, 0.2) is 0 Å². The second-order valence-electron chi connectivity index (χ2n) is 5.97. The summed E-state index contributed by atoms with van der Waals surface area (Å²) in [6.07, 6.45) is 8.93. The minimum Gasteiger partial charge on any atom is -0.309 e. The number of benzene rings is 1. The number of nitrogens with zero attached hydrogens (tertiary/aromatic N) is 1. The average Bonchev–Trinajstić information content (AvgIpc) is 2.61. The summed E-state index contributed by atoms with van der Waals surface area (Å²) in [5, 5.41) is 3.96. The fraction of sp³-hybridized carbons (Fsp3) is 0.412. The molecule has 6 heteroatoms. The van der Waals surface area contributed by atoms with Crippen LogP contribution in [0.25, 0.3) is 0 Å². The predicted octanol–water partition coefficient (Wildman–Crippen LogP) is 3.13. The van der Waals surface area contributed by atoms with Crippen LogP contribution in [0.15, 0.2) is 47.4 Å². The highest BCUT2D eigenvalue weighted by Gasteiger charge is 2.42. The number of fused-ring (bicyclic) bond motifs is 2. The van der Waals surface area contributed by atoms with E-state index < -0.39 is 10.0 Å². The summed E-state index contributed by atoms with van der Waals surface area (Å²) in [4.78, 5) is 0.303. The van der Waals surface area contributed by atoms with Crippen molar-refractivity contribution in [2.45, 2.75) is 30.3 Å². The van der Waals surface area contributed by atoms with Crippen LogP contribution in [0.5, 0.6) is 0 Å². The second-order valence-corrected chi connectivity index (χ2v) is 8.38. The normalized spacial score (nSPS) is 28.9. The van der Waals surface area contributed by atoms with Gasteiger partial charge in [-0.1, -0.05) is 48.9 Å². The molecule has 1 aliphatic carbocycles. The van der Waals surface area contributed by atoms with Crippen LogP contribution in [0.4, 0.5) is 0 Å². The topological polar surface area (TPSA) is 49.4 Å². The Hall–Kier alpha value is -1.14. The molecule has 0 radical (unpaired) electrons. The molecule has 0 spiro atoms. The van der Waals surface area contributed by atoms with Gasteiger partial charge in [0, 0.05) is 24.0 Å². The van der Waals surface area contributed by atoms with Crippen molar-refractivity contribution >= 4 is 21.6 Å². The zero-order valence-corrected chi connectivity index (χ0v) is 14.8. The van der Waals surface area contributed by atoms with Crippen LogP contribution in [0.1, 0.15) is 24.9 Å². The van der Waals surface area contributed by atoms with Crippen LogP contribution in [0, 0.1) is 5.92 Å². The molecule has 4 nitrogen and oxygen atoms in total. The molecular formula is C17H21ClN2O2S. The molecule has 1 heterocycles. The smallest absolute Gasteiger partial charge is 0.243 e. The zero-order chi connectivity index (χ0) is 16.6. The first kappa shape index (κ1) is 16.7. The molecule has 124 valence electrons. The number of sulfonamides is 1. The maximum atomic E-state index is 13.0. The van der Waals surface area contributed by atoms with Gasteiger partial charge in [0.25, 0.3) is 0 Å². The summed E-state index contributed by atoms with van der Waals surface area (Å²) < 4.78 is 27.5. The van der Waals surface area contributed by atoms with E-state index in [1.165, 1.54) is 4.31 Å². The minimum absolute atomic E-state index is 0.0498. The lowest BCUT2D eigenvalue weighted by molar-refractivity contribution is 0.298. The van der Waals surface area contributed by atoms with Gasteiger partial charge in [0.05, 0.1) is 10.9 Å². The fourth-order valence-electron chi connectivity index (χ4n) is 3.34. The largest absolute Gasteiger partial charge is 0.309 e. The van der Waals surface area contributed by atoms with Crippen LogP contribution in [0.2, 0.25) is 5.02 Å². The molecule has 0 saturated carbocycles. The van der Waals surface area contributed by atoms with Gasteiger partial charge in [0.1, 0.15) is 0 Å². The summed E-state index contributed by atoms with van der Waals surface area (Å²) in [6.45, 7) is 2.93. The number of rotatable bonds is 3. The molecule has 3 atom stereocenters. The average molecular weight is 353 g/mol. The number of hydrogen-bond acceptors (Lipinski definition) is 3. The molecule has 0 aromatic heterocycles. The standard InChI is InChI=1S/C17H21ClN2O2S/c1-3-10-19-17-13-6-4-5-7-15(13)20(2)23(21,22)16-11-12(18)8-9-14(16)17/h4-9,11,13,15,17,19H,3,10H2,1-2H3. The van der Waals surface area contributed by atoms with Crippen molar-refractivity contribution in [2.24, 2.45) is 5.92 Å². The van der Waals surface area contributed by atoms with Crippen molar-refractivity contribution in [1.29, 1.82) is 0 Å². The number of halogens is 1. The molecule has 23 heavy (non-hydrogen) atoms. The van der Waals surface area contributed by atoms with Crippen LogP contribution in [-0.2, 0) is 10.0 Å². The van der Waals surface area contributed by atoms with E-state index in [4.69, 9.17) is 11.6 Å². The van der Waals surface area contributed by atoms with E-state index in [0.717, 1.165) is 18.5 Å². The van der Waals surface area contributed by atoms with Crippen molar-refractivity contribution < 1.29 is 8.42 Å². The van der Waals surface area contributed by atoms with Crippen molar-refractivity contribution in [3.8, 4) is 0 Å². The Kier molecular flexibility index (Phi) is 4.65. The van der Waals surface area contributed by atoms with Gasteiger partial charge in [-0.15, -0.1) is 0 Å². The lowest BCUT2D eigenvalue weighted by Gasteiger charge is -2.33. The lowest BCUT2D eigenvalue weighted by atomic mass is 9.84. The van der Waals surface area contributed by atoms with Crippen LogP contribution >= 0.6 is 11.6 Å². The molecule has 3 rings (SSSR count). The third-order valence-corrected chi connectivity index (χ3v) is 6.68. The van der Waals surface area contributed by atoms with Gasteiger partial charge in [-0.05, 0) is 30.7 Å². The van der Waals surface area contributed by atoms with Crippen molar-refractivity contribution in [2.75, 3.05) is 13.6 Å². The van der Waals surface area contributed by atoms with E-state index in [0.29, 0.717) is 9.92 Å². The van der Waals surface area contributed by atoms with E-state index in [2.05, 4.69) is 18.3 Å². The van der Waals surface area contributed by atoms with Gasteiger partial charge in [-0.3, -0.25) is 0 Å². The molecule has 1 aromatic rings. The van der Waals surface area contributed by atoms with Crippen LogP contribution in [0.3, 0.4) is 0 Å². The first-order chi connectivity index (χ1) is 11.0. The van der Waals surface area contributed by atoms with E-state index in [9.17, 15) is 8.42 Å². The Bertz CT molecular complexity index is 758. The molecule has 0 bridgehead atoms. The number of likely N-dealkylation sites (N-methyl/N-ethyl adjacent to an activating group) is 1. The Balaban J connectivity index is 2.21. The second kappa shape index (κ2) is 6.40. The van der Waals surface area contributed by atoms with E-state index >= 15 is 0 Å². The van der Waals surface area contributed by atoms with Gasteiger partial charge < -0.3 is 5.32 Å². The van der Waals surface area contributed by atoms with Crippen LogP contribution in [-0.4, -0.2) is 32.4 Å². The summed E-state index contributed by atoms with van der Waals surface area (Å²) in [5.74, 6) is 0.0498. The molecule has 1 aromatic carbocycles. The zero-order valence-electron chi connectivity index (χ0n) is 13.2. The van der Waals surface area contributed by atoms with Gasteiger partial charge in [-0.2, -0.15) is 4.31 Å².